The number of benzene rings is 1. The number of sulfonamides is 1. The summed E-state index contributed by atoms with van der Waals surface area (Å²) in [5, 5.41) is 11.7. The van der Waals surface area contributed by atoms with Crippen molar-refractivity contribution in [3.63, 3.8) is 0 Å². The molecule has 0 unspecified atom stereocenters. The van der Waals surface area contributed by atoms with Crippen LogP contribution in [0, 0.1) is 10.8 Å². The molecule has 1 N–H and O–H groups in total. The maximum Gasteiger partial charge on any atom is 0.246 e. The molecule has 1 saturated heterocycles. The number of fused-ring (bicyclic) bond motifs is 2. The molecule has 30 heavy (non-hydrogen) atoms. The van der Waals surface area contributed by atoms with Crippen LogP contribution in [-0.2, 0) is 14.8 Å². The Kier molecular flexibility index (Phi) is 4.05. The Hall–Kier alpha value is -2.52. The van der Waals surface area contributed by atoms with Gasteiger partial charge in [0.2, 0.25) is 10.0 Å². The average Bonchev–Trinajstić information content (AvgIpc) is 3.11. The molecule has 5 rings (SSSR count). The van der Waals surface area contributed by atoms with E-state index in [1.807, 2.05) is 0 Å². The summed E-state index contributed by atoms with van der Waals surface area (Å²) in [6, 6.07) is 6.60. The largest absolute Gasteiger partial charge is 0.495 e. The van der Waals surface area contributed by atoms with Gasteiger partial charge in [0.1, 0.15) is 10.6 Å². The number of carbonyl (C=O) groups excluding carboxylic acids is 1. The van der Waals surface area contributed by atoms with E-state index in [2.05, 4.69) is 29.4 Å². The first kappa shape index (κ1) is 19.4. The molecule has 1 aromatic rings. The van der Waals surface area contributed by atoms with Crippen molar-refractivity contribution < 1.29 is 17.9 Å². The van der Waals surface area contributed by atoms with Gasteiger partial charge in [-0.1, -0.05) is 26.0 Å². The monoisotopic (exact) mass is 428 g/mol. The molecule has 1 fully saturated rings. The Morgan fingerprint density at radius 2 is 1.90 bits per heavy atom. The third kappa shape index (κ3) is 2.61. The number of Topliss-reactive ketones (excluding diaryl/α,β-unsaturated/α-hetero) is 1. The van der Waals surface area contributed by atoms with Gasteiger partial charge in [0.15, 0.2) is 11.6 Å². The van der Waals surface area contributed by atoms with Crippen molar-refractivity contribution in [1.82, 2.24) is 9.62 Å². The van der Waals surface area contributed by atoms with Crippen LogP contribution < -0.4 is 10.1 Å². The van der Waals surface area contributed by atoms with Crippen molar-refractivity contribution in [3.05, 3.63) is 46.9 Å². The average molecular weight is 429 g/mol. The third-order valence-electron chi connectivity index (χ3n) is 6.47. The Labute approximate surface area is 175 Å². The van der Waals surface area contributed by atoms with Gasteiger partial charge in [-0.3, -0.25) is 4.79 Å². The van der Waals surface area contributed by atoms with E-state index in [-0.39, 0.29) is 29.2 Å². The van der Waals surface area contributed by atoms with Crippen molar-refractivity contribution in [2.45, 2.75) is 31.6 Å². The van der Waals surface area contributed by atoms with Gasteiger partial charge in [-0.2, -0.15) is 9.42 Å². The molecule has 1 spiro atoms. The van der Waals surface area contributed by atoms with E-state index in [0.29, 0.717) is 24.5 Å². The van der Waals surface area contributed by atoms with Crippen LogP contribution in [0.25, 0.3) is 0 Å². The predicted octanol–water partition coefficient (Wildman–Crippen LogP) is 2.61. The van der Waals surface area contributed by atoms with Crippen LogP contribution in [0.4, 0.5) is 0 Å². The molecule has 0 aromatic heterocycles. The van der Waals surface area contributed by atoms with Gasteiger partial charge in [-0.05, 0) is 24.0 Å². The molecule has 3 aliphatic heterocycles. The zero-order chi connectivity index (χ0) is 21.3. The van der Waals surface area contributed by atoms with Crippen LogP contribution in [-0.4, -0.2) is 45.3 Å². The number of rotatable bonds is 3. The summed E-state index contributed by atoms with van der Waals surface area (Å²) in [5.74, 6) is 1.07. The molecule has 9 heteroatoms. The molecule has 4 aliphatic rings. The lowest BCUT2D eigenvalue weighted by atomic mass is 9.60. The first-order valence-corrected chi connectivity index (χ1v) is 11.4. The van der Waals surface area contributed by atoms with Gasteiger partial charge < -0.3 is 10.1 Å². The Morgan fingerprint density at radius 1 is 1.17 bits per heavy atom. The van der Waals surface area contributed by atoms with Crippen molar-refractivity contribution in [3.8, 4) is 5.75 Å². The molecule has 1 aromatic carbocycles. The molecule has 158 valence electrons. The first-order valence-electron chi connectivity index (χ1n) is 9.96. The second-order valence-electron chi connectivity index (χ2n) is 9.15. The zero-order valence-electron chi connectivity index (χ0n) is 17.2. The molecular weight excluding hydrogens is 404 g/mol. The summed E-state index contributed by atoms with van der Waals surface area (Å²) in [6.07, 6.45) is 1.17. The van der Waals surface area contributed by atoms with Crippen LogP contribution in [0.1, 0.15) is 26.7 Å². The number of ether oxygens (including phenoxy) is 1. The highest BCUT2D eigenvalue weighted by Crippen LogP contribution is 2.55. The summed E-state index contributed by atoms with van der Waals surface area (Å²) in [7, 11) is -2.30. The summed E-state index contributed by atoms with van der Waals surface area (Å²) in [4.78, 5) is 13.3. The number of nitrogens with zero attached hydrogens (tertiary/aromatic N) is 3. The minimum absolute atomic E-state index is 0.0848. The lowest BCUT2D eigenvalue weighted by molar-refractivity contribution is -0.120. The Morgan fingerprint density at radius 3 is 2.63 bits per heavy atom. The van der Waals surface area contributed by atoms with Gasteiger partial charge in [0.05, 0.1) is 19.1 Å². The van der Waals surface area contributed by atoms with E-state index in [1.165, 1.54) is 11.4 Å². The van der Waals surface area contributed by atoms with Crippen molar-refractivity contribution >= 4 is 15.8 Å². The fourth-order valence-corrected chi connectivity index (χ4v) is 6.83. The molecule has 0 bridgehead atoms. The van der Waals surface area contributed by atoms with E-state index in [4.69, 9.17) is 4.74 Å². The number of dihydropyridines is 1. The zero-order valence-corrected chi connectivity index (χ0v) is 18.0. The van der Waals surface area contributed by atoms with Crippen LogP contribution >= 0.6 is 0 Å². The van der Waals surface area contributed by atoms with Crippen LogP contribution in [0.15, 0.2) is 62.1 Å². The minimum atomic E-state index is -3.76. The first-order chi connectivity index (χ1) is 14.2. The van der Waals surface area contributed by atoms with Crippen molar-refractivity contribution in [2.24, 2.45) is 21.1 Å². The van der Waals surface area contributed by atoms with E-state index in [0.717, 1.165) is 23.3 Å². The number of azo groups is 1. The van der Waals surface area contributed by atoms with Gasteiger partial charge in [-0.25, -0.2) is 8.42 Å². The normalized spacial score (nSPS) is 24.4. The van der Waals surface area contributed by atoms with Gasteiger partial charge in [0, 0.05) is 36.4 Å². The van der Waals surface area contributed by atoms with Crippen LogP contribution in [0.5, 0.6) is 5.75 Å². The fourth-order valence-electron chi connectivity index (χ4n) is 5.11. The quantitative estimate of drug-likeness (QED) is 0.798. The molecule has 1 aliphatic carbocycles. The second kappa shape index (κ2) is 6.24. The lowest BCUT2D eigenvalue weighted by Gasteiger charge is -2.54. The van der Waals surface area contributed by atoms with Gasteiger partial charge in [-0.15, -0.1) is 5.11 Å². The predicted molar refractivity (Wildman–Crippen MR) is 109 cm³/mol. The number of allylic oxidation sites excluding steroid dienone is 1. The summed E-state index contributed by atoms with van der Waals surface area (Å²) in [6.45, 7) is 4.96. The molecule has 0 radical (unpaired) electrons. The summed E-state index contributed by atoms with van der Waals surface area (Å²) < 4.78 is 33.3. The molecule has 0 amide bonds. The SMILES string of the molecule is COc1ccccc1S(=O)(=O)N1CC2(C1)C1=C(N=NC1)NC1=C2C(=O)CC(C)(C)C1. The van der Waals surface area contributed by atoms with E-state index in [1.54, 1.807) is 24.3 Å². The summed E-state index contributed by atoms with van der Waals surface area (Å²) >= 11 is 0. The highest BCUT2D eigenvalue weighted by atomic mass is 32.2. The van der Waals surface area contributed by atoms with Crippen LogP contribution in [0.3, 0.4) is 0 Å². The number of para-hydroxylation sites is 1. The Bertz CT molecular complexity index is 1160. The van der Waals surface area contributed by atoms with E-state index >= 15 is 0 Å². The molecule has 0 saturated carbocycles. The summed E-state index contributed by atoms with van der Waals surface area (Å²) in [5.41, 5.74) is 1.71. The highest BCUT2D eigenvalue weighted by molar-refractivity contribution is 7.89. The van der Waals surface area contributed by atoms with E-state index < -0.39 is 15.4 Å². The number of methoxy groups -OCH3 is 1. The maximum absolute atomic E-state index is 13.3. The number of ketones is 1. The number of carbonyl (C=O) groups is 1. The van der Waals surface area contributed by atoms with Gasteiger partial charge in [0.25, 0.3) is 0 Å². The third-order valence-corrected chi connectivity index (χ3v) is 8.30. The lowest BCUT2D eigenvalue weighted by Crippen LogP contribution is -2.63. The van der Waals surface area contributed by atoms with Crippen LogP contribution in [0.2, 0.25) is 0 Å². The number of hydrogen-bond acceptors (Lipinski definition) is 7. The topological polar surface area (TPSA) is 100 Å². The van der Waals surface area contributed by atoms with Crippen molar-refractivity contribution in [1.29, 1.82) is 0 Å². The highest BCUT2D eigenvalue weighted by Gasteiger charge is 2.59. The van der Waals surface area contributed by atoms with Crippen molar-refractivity contribution in [2.75, 3.05) is 26.7 Å². The van der Waals surface area contributed by atoms with Gasteiger partial charge >= 0.3 is 0 Å². The molecule has 0 atom stereocenters. The second-order valence-corrected chi connectivity index (χ2v) is 11.1. The molecule has 3 heterocycles. The standard InChI is InChI=1S/C21H24N4O4S/c1-20(2)8-14-18(15(26)9-20)21(13-10-22-24-19(13)23-14)11-25(12-21)30(27,28)17-7-5-4-6-16(17)29-3/h4-7,23H,8-12H2,1-3H3. The minimum Gasteiger partial charge on any atom is -0.495 e. The maximum atomic E-state index is 13.3. The molecular formula is C21H24N4O4S. The smallest absolute Gasteiger partial charge is 0.246 e. The fraction of sp³-hybridized carbons (Fsp3) is 0.476. The number of hydrogen-bond donors (Lipinski definition) is 1. The Balaban J connectivity index is 1.54. The molecule has 8 nitrogen and oxygen atoms in total. The van der Waals surface area contributed by atoms with E-state index in [9.17, 15) is 13.2 Å². The number of nitrogens with one attached hydrogen (secondary N) is 1.